The van der Waals surface area contributed by atoms with Crippen LogP contribution < -0.4 is 0 Å². The Hall–Kier alpha value is -7.24. The standard InChI is InChI=1S/C39H28N2O2.C11H12O.C2H6/c1-25-31-14-5-2-9-26(31)17-20-34(25)40-23-29-12-8-13-30(39(29)43)24-41-35-21-18-27-10-3-6-15-32(27)37(35)38-33-16-7-4-11-28(33)19-22-36(38)42;1-9-5-3-4-6-11(9)8-7-10(2)12;1-2/h2-24,42-43H,1H3;3-8,12H,2H2,1H3;1-2H3/b;8-7-;. The lowest BCUT2D eigenvalue weighted by molar-refractivity contribution is 0.436. The Balaban J connectivity index is 0.000000335. The molecule has 282 valence electrons. The lowest BCUT2D eigenvalue weighted by Gasteiger charge is -2.15. The van der Waals surface area contributed by atoms with Crippen LogP contribution in [-0.2, 0) is 0 Å². The summed E-state index contributed by atoms with van der Waals surface area (Å²) in [5.74, 6) is 0.374. The molecule has 0 saturated carbocycles. The molecule has 57 heavy (non-hydrogen) atoms. The Morgan fingerprint density at radius 2 is 0.982 bits per heavy atom. The first-order valence-electron chi connectivity index (χ1n) is 19.0. The van der Waals surface area contributed by atoms with Crippen molar-refractivity contribution >= 4 is 62.2 Å². The summed E-state index contributed by atoms with van der Waals surface area (Å²) in [5, 5.41) is 37.5. The number of phenolic OH excluding ortho intramolecular Hbond substituents is 2. The number of aliphatic hydroxyl groups is 1. The molecule has 8 rings (SSSR count). The molecule has 0 bridgehead atoms. The Bertz CT molecular complexity index is 2800. The van der Waals surface area contributed by atoms with Gasteiger partial charge in [-0.1, -0.05) is 148 Å². The smallest absolute Gasteiger partial charge is 0.133 e. The van der Waals surface area contributed by atoms with Crippen LogP contribution in [0.4, 0.5) is 11.4 Å². The average Bonchev–Trinajstić information content (AvgIpc) is 3.24. The van der Waals surface area contributed by atoms with Gasteiger partial charge in [0.25, 0.3) is 0 Å². The molecule has 0 heterocycles. The molecule has 0 aliphatic carbocycles. The molecule has 0 fully saturated rings. The second-order valence-corrected chi connectivity index (χ2v) is 13.3. The van der Waals surface area contributed by atoms with Gasteiger partial charge in [-0.3, -0.25) is 9.98 Å². The minimum Gasteiger partial charge on any atom is -0.509 e. The van der Waals surface area contributed by atoms with Gasteiger partial charge >= 0.3 is 0 Å². The first kappa shape index (κ1) is 39.5. The van der Waals surface area contributed by atoms with Gasteiger partial charge in [0.05, 0.1) is 11.4 Å². The molecule has 0 atom stereocenters. The van der Waals surface area contributed by atoms with E-state index >= 15 is 0 Å². The number of aliphatic imine (C=N–C) groups is 2. The Morgan fingerprint density at radius 1 is 0.509 bits per heavy atom. The summed E-state index contributed by atoms with van der Waals surface area (Å²) >= 11 is 0. The predicted octanol–water partition coefficient (Wildman–Crippen LogP) is 14.1. The number of aryl methyl sites for hydroxylation is 2. The number of phenols is 2. The summed E-state index contributed by atoms with van der Waals surface area (Å²) in [7, 11) is 0. The zero-order valence-corrected chi connectivity index (χ0v) is 32.7. The highest BCUT2D eigenvalue weighted by atomic mass is 16.3. The van der Waals surface area contributed by atoms with Crippen LogP contribution in [0.5, 0.6) is 11.5 Å². The van der Waals surface area contributed by atoms with E-state index in [0.29, 0.717) is 16.8 Å². The van der Waals surface area contributed by atoms with E-state index in [0.717, 1.165) is 54.9 Å². The summed E-state index contributed by atoms with van der Waals surface area (Å²) in [5.41, 5.74) is 7.67. The highest BCUT2D eigenvalue weighted by molar-refractivity contribution is 6.11. The summed E-state index contributed by atoms with van der Waals surface area (Å²) < 4.78 is 0. The van der Waals surface area contributed by atoms with Crippen molar-refractivity contribution in [3.8, 4) is 22.6 Å². The van der Waals surface area contributed by atoms with Crippen LogP contribution >= 0.6 is 0 Å². The molecule has 0 aliphatic rings. The van der Waals surface area contributed by atoms with E-state index in [2.05, 4.69) is 37.8 Å². The van der Waals surface area contributed by atoms with Crippen molar-refractivity contribution in [2.24, 2.45) is 9.98 Å². The number of aliphatic hydroxyl groups excluding tert-OH is 1. The number of nitrogens with zero attached hydrogens (tertiary/aromatic N) is 2. The van der Waals surface area contributed by atoms with Gasteiger partial charge in [0.1, 0.15) is 17.3 Å². The maximum Gasteiger partial charge on any atom is 0.133 e. The van der Waals surface area contributed by atoms with Crippen LogP contribution in [-0.4, -0.2) is 27.7 Å². The largest absolute Gasteiger partial charge is 0.509 e. The van der Waals surface area contributed by atoms with Gasteiger partial charge in [0.2, 0.25) is 0 Å². The van der Waals surface area contributed by atoms with Crippen molar-refractivity contribution in [1.82, 2.24) is 0 Å². The summed E-state index contributed by atoms with van der Waals surface area (Å²) in [4.78, 5) is 9.59. The van der Waals surface area contributed by atoms with Crippen LogP contribution in [0.2, 0.25) is 0 Å². The predicted molar refractivity (Wildman–Crippen MR) is 243 cm³/mol. The number of para-hydroxylation sites is 1. The fourth-order valence-electron chi connectivity index (χ4n) is 6.73. The zero-order valence-electron chi connectivity index (χ0n) is 32.7. The first-order valence-corrected chi connectivity index (χ1v) is 19.0. The molecule has 0 aromatic heterocycles. The molecule has 8 aromatic rings. The van der Waals surface area contributed by atoms with Crippen LogP contribution in [0, 0.1) is 13.8 Å². The second-order valence-electron chi connectivity index (χ2n) is 13.3. The number of benzene rings is 8. The lowest BCUT2D eigenvalue weighted by atomic mass is 9.92. The van der Waals surface area contributed by atoms with Crippen LogP contribution in [0.15, 0.2) is 180 Å². The van der Waals surface area contributed by atoms with E-state index in [1.807, 2.05) is 148 Å². The van der Waals surface area contributed by atoms with Gasteiger partial charge in [0.15, 0.2) is 0 Å². The molecule has 0 saturated heterocycles. The normalized spacial score (nSPS) is 11.2. The topological polar surface area (TPSA) is 85.4 Å². The SMILES string of the molecule is C=C(O)/C=C\c1ccccc1C.CC.Cc1c(N=Cc2cccc(C=Nc3ccc4ccccc4c3-c3c(O)ccc4ccccc34)c2O)ccc2ccccc12. The second kappa shape index (κ2) is 18.4. The van der Waals surface area contributed by atoms with Crippen LogP contribution in [0.25, 0.3) is 49.5 Å². The molecule has 0 radical (unpaired) electrons. The third-order valence-corrected chi connectivity index (χ3v) is 9.66. The number of hydrogen-bond donors (Lipinski definition) is 3. The third-order valence-electron chi connectivity index (χ3n) is 9.66. The number of hydrogen-bond acceptors (Lipinski definition) is 5. The van der Waals surface area contributed by atoms with E-state index in [9.17, 15) is 10.2 Å². The number of aromatic hydroxyl groups is 2. The maximum atomic E-state index is 11.2. The van der Waals surface area contributed by atoms with Crippen molar-refractivity contribution in [3.63, 3.8) is 0 Å². The summed E-state index contributed by atoms with van der Waals surface area (Å²) in [6.45, 7) is 11.5. The third kappa shape index (κ3) is 9.01. The van der Waals surface area contributed by atoms with E-state index in [-0.39, 0.29) is 17.3 Å². The summed E-state index contributed by atoms with van der Waals surface area (Å²) in [6.07, 6.45) is 6.79. The monoisotopic (exact) mass is 746 g/mol. The Labute approximate surface area is 334 Å². The van der Waals surface area contributed by atoms with Gasteiger partial charge in [-0.25, -0.2) is 0 Å². The fourth-order valence-corrected chi connectivity index (χ4v) is 6.73. The molecular weight excluding hydrogens is 701 g/mol. The van der Waals surface area contributed by atoms with Gasteiger partial charge in [-0.2, -0.15) is 0 Å². The lowest BCUT2D eigenvalue weighted by Crippen LogP contribution is -1.90. The number of rotatable bonds is 7. The van der Waals surface area contributed by atoms with Crippen molar-refractivity contribution in [3.05, 3.63) is 198 Å². The van der Waals surface area contributed by atoms with Gasteiger partial charge in [-0.15, -0.1) is 0 Å². The van der Waals surface area contributed by atoms with E-state index < -0.39 is 0 Å². The minimum absolute atomic E-state index is 0.0817. The zero-order chi connectivity index (χ0) is 40.3. The van der Waals surface area contributed by atoms with Crippen molar-refractivity contribution in [2.45, 2.75) is 27.7 Å². The molecule has 5 nitrogen and oxygen atoms in total. The van der Waals surface area contributed by atoms with E-state index in [1.54, 1.807) is 24.6 Å². The van der Waals surface area contributed by atoms with Crippen LogP contribution in [0.1, 0.15) is 41.7 Å². The Kier molecular flexibility index (Phi) is 12.7. The first-order chi connectivity index (χ1) is 27.8. The molecule has 0 amide bonds. The highest BCUT2D eigenvalue weighted by Gasteiger charge is 2.17. The Morgan fingerprint density at radius 3 is 1.60 bits per heavy atom. The van der Waals surface area contributed by atoms with Crippen molar-refractivity contribution in [1.29, 1.82) is 0 Å². The van der Waals surface area contributed by atoms with E-state index in [4.69, 9.17) is 15.1 Å². The fraction of sp³-hybridized carbons (Fsp3) is 0.0769. The quantitative estimate of drug-likeness (QED) is 0.0862. The number of fused-ring (bicyclic) bond motifs is 3. The van der Waals surface area contributed by atoms with Gasteiger partial charge in [-0.05, 0) is 99.3 Å². The summed E-state index contributed by atoms with van der Waals surface area (Å²) in [6, 6.07) is 49.6. The average molecular weight is 747 g/mol. The molecular formula is C52H46N2O3. The van der Waals surface area contributed by atoms with Crippen molar-refractivity contribution < 1.29 is 15.3 Å². The van der Waals surface area contributed by atoms with Crippen LogP contribution in [0.3, 0.4) is 0 Å². The number of allylic oxidation sites excluding steroid dienone is 1. The molecule has 0 spiro atoms. The van der Waals surface area contributed by atoms with E-state index in [1.165, 1.54) is 10.9 Å². The molecule has 3 N–H and O–H groups in total. The molecule has 0 aliphatic heterocycles. The van der Waals surface area contributed by atoms with Gasteiger partial charge < -0.3 is 15.3 Å². The minimum atomic E-state index is 0.0817. The van der Waals surface area contributed by atoms with Crippen molar-refractivity contribution in [2.75, 3.05) is 0 Å². The maximum absolute atomic E-state index is 11.2. The molecule has 0 unspecified atom stereocenters. The highest BCUT2D eigenvalue weighted by Crippen LogP contribution is 2.45. The molecule has 5 heteroatoms. The molecule has 8 aromatic carbocycles. The van der Waals surface area contributed by atoms with Gasteiger partial charge in [0, 0.05) is 34.7 Å².